The van der Waals surface area contributed by atoms with Crippen LogP contribution in [0.25, 0.3) is 22.3 Å². The number of halogens is 1. The highest BCUT2D eigenvalue weighted by Gasteiger charge is 2.23. The Balaban J connectivity index is 1.45. The number of aryl methyl sites for hydroxylation is 1. The summed E-state index contributed by atoms with van der Waals surface area (Å²) in [6.07, 6.45) is 6.32. The van der Waals surface area contributed by atoms with Crippen LogP contribution in [0.3, 0.4) is 0 Å². The number of rotatable bonds is 9. The van der Waals surface area contributed by atoms with E-state index in [1.54, 1.807) is 30.1 Å². The number of likely N-dealkylation sites (tertiary alicyclic amines) is 1. The Morgan fingerprint density at radius 1 is 1.15 bits per heavy atom. The van der Waals surface area contributed by atoms with Crippen molar-refractivity contribution in [2.24, 2.45) is 0 Å². The van der Waals surface area contributed by atoms with Gasteiger partial charge in [0.15, 0.2) is 11.6 Å². The number of pyridine rings is 1. The fourth-order valence-electron chi connectivity index (χ4n) is 5.08. The molecule has 3 aromatic heterocycles. The molecular weight excluding hydrogens is 565 g/mol. The van der Waals surface area contributed by atoms with Crippen LogP contribution in [-0.2, 0) is 14.4 Å². The van der Waals surface area contributed by atoms with Gasteiger partial charge in [0, 0.05) is 34.1 Å². The monoisotopic (exact) mass is 599 g/mol. The molecule has 0 aliphatic carbocycles. The summed E-state index contributed by atoms with van der Waals surface area (Å²) in [5.41, 5.74) is 1.81. The molecule has 5 rings (SSSR count). The van der Waals surface area contributed by atoms with Gasteiger partial charge in [0.25, 0.3) is 16.1 Å². The number of thioether (sulfide) groups is 1. The van der Waals surface area contributed by atoms with Crippen molar-refractivity contribution in [1.29, 1.82) is 0 Å². The minimum absolute atomic E-state index is 0.0539. The Morgan fingerprint density at radius 3 is 2.54 bits per heavy atom. The Bertz CT molecular complexity index is 1640. The summed E-state index contributed by atoms with van der Waals surface area (Å²) in [5, 5.41) is 1.48. The number of fused-ring (bicyclic) bond motifs is 1. The van der Waals surface area contributed by atoms with Gasteiger partial charge in [-0.1, -0.05) is 6.92 Å². The van der Waals surface area contributed by atoms with Crippen molar-refractivity contribution in [2.75, 3.05) is 31.0 Å². The quantitative estimate of drug-likeness (QED) is 0.228. The lowest BCUT2D eigenvalue weighted by atomic mass is 10.1. The maximum absolute atomic E-state index is 15.1. The summed E-state index contributed by atoms with van der Waals surface area (Å²) in [6, 6.07) is 8.46. The molecule has 1 aliphatic heterocycles. The molecule has 0 N–H and O–H groups in total. The molecule has 0 radical (unpaired) electrons. The van der Waals surface area contributed by atoms with E-state index in [2.05, 4.69) is 31.8 Å². The molecule has 4 heterocycles. The Hall–Kier alpha value is -3.13. The minimum Gasteiger partial charge on any atom is -0.326 e. The van der Waals surface area contributed by atoms with Crippen molar-refractivity contribution < 1.29 is 17.1 Å². The number of aromatic nitrogens is 5. The second-order valence-electron chi connectivity index (χ2n) is 10.4. The number of imidazole rings is 1. The van der Waals surface area contributed by atoms with Crippen molar-refractivity contribution in [2.45, 2.75) is 56.7 Å². The molecule has 0 bridgehead atoms. The van der Waals surface area contributed by atoms with E-state index in [4.69, 9.17) is 4.28 Å². The fraction of sp³-hybridized carbons (Fsp3) is 0.429. The molecule has 0 saturated carbocycles. The van der Waals surface area contributed by atoms with E-state index >= 15 is 4.39 Å². The SMILES string of the molecule is CCN1CCC(Sc2ccc(N(OS(C)(=O)=O)c3nccc(-c4cc(F)c5nc(C)n(C(C)C)c5c4)n3)nc2)CC1. The molecule has 1 aliphatic rings. The number of hydrogen-bond acceptors (Lipinski definition) is 10. The number of anilines is 2. The largest absolute Gasteiger partial charge is 0.326 e. The zero-order chi connectivity index (χ0) is 29.3. The van der Waals surface area contributed by atoms with Crippen molar-refractivity contribution >= 4 is 44.7 Å². The molecule has 10 nitrogen and oxygen atoms in total. The van der Waals surface area contributed by atoms with Crippen LogP contribution in [0.2, 0.25) is 0 Å². The molecule has 1 aromatic carbocycles. The molecule has 0 spiro atoms. The average molecular weight is 600 g/mol. The highest BCUT2D eigenvalue weighted by molar-refractivity contribution is 8.00. The summed E-state index contributed by atoms with van der Waals surface area (Å²) < 4.78 is 46.8. The third-order valence-corrected chi connectivity index (χ3v) is 8.72. The lowest BCUT2D eigenvalue weighted by Gasteiger charge is -2.30. The maximum atomic E-state index is 15.1. The standard InChI is InChI=1S/C28H34FN7O3S2/c1-6-34-13-10-21(11-14-34)40-22-7-8-26(31-17-22)36(39-41(5,37)38)28-30-12-9-24(33-28)20-15-23(29)27-25(16-20)35(18(2)3)19(4)32-27/h7-9,12,15-18,21H,6,10-11,13-14H2,1-5H3. The number of nitrogens with zero attached hydrogens (tertiary/aromatic N) is 7. The molecule has 1 saturated heterocycles. The van der Waals surface area contributed by atoms with Crippen molar-refractivity contribution in [3.05, 3.63) is 54.4 Å². The van der Waals surface area contributed by atoms with Gasteiger partial charge in [-0.25, -0.2) is 24.3 Å². The van der Waals surface area contributed by atoms with Crippen LogP contribution in [0.1, 0.15) is 45.5 Å². The van der Waals surface area contributed by atoms with Crippen LogP contribution in [0.15, 0.2) is 47.6 Å². The second-order valence-corrected chi connectivity index (χ2v) is 13.3. The van der Waals surface area contributed by atoms with Gasteiger partial charge in [-0.05, 0) is 83.6 Å². The molecule has 1 fully saturated rings. The van der Waals surface area contributed by atoms with E-state index in [0.717, 1.165) is 48.7 Å². The first kappa shape index (κ1) is 29.4. The van der Waals surface area contributed by atoms with E-state index in [0.29, 0.717) is 27.8 Å². The highest BCUT2D eigenvalue weighted by Crippen LogP contribution is 2.33. The Kier molecular flexibility index (Phi) is 8.60. The summed E-state index contributed by atoms with van der Waals surface area (Å²) in [7, 11) is -3.96. The van der Waals surface area contributed by atoms with E-state index in [1.807, 2.05) is 37.5 Å². The molecule has 0 amide bonds. The molecule has 0 atom stereocenters. The molecule has 0 unspecified atom stereocenters. The summed E-state index contributed by atoms with van der Waals surface area (Å²) >= 11 is 1.77. The van der Waals surface area contributed by atoms with Crippen LogP contribution in [0.4, 0.5) is 16.2 Å². The van der Waals surface area contributed by atoms with Crippen LogP contribution in [0, 0.1) is 12.7 Å². The van der Waals surface area contributed by atoms with Crippen molar-refractivity contribution in [1.82, 2.24) is 29.4 Å². The second kappa shape index (κ2) is 12.0. The van der Waals surface area contributed by atoms with Gasteiger partial charge in [0.1, 0.15) is 11.3 Å². The predicted octanol–water partition coefficient (Wildman–Crippen LogP) is 5.52. The minimum atomic E-state index is -3.96. The molecule has 218 valence electrons. The third-order valence-electron chi connectivity index (χ3n) is 6.99. The van der Waals surface area contributed by atoms with Crippen LogP contribution < -0.4 is 5.06 Å². The molecule has 41 heavy (non-hydrogen) atoms. The summed E-state index contributed by atoms with van der Waals surface area (Å²) in [5.74, 6) is 0.385. The first-order valence-electron chi connectivity index (χ1n) is 13.6. The first-order valence-corrected chi connectivity index (χ1v) is 16.3. The predicted molar refractivity (Wildman–Crippen MR) is 159 cm³/mol. The van der Waals surface area contributed by atoms with Gasteiger partial charge in [0.2, 0.25) is 0 Å². The zero-order valence-corrected chi connectivity index (χ0v) is 25.4. The first-order chi connectivity index (χ1) is 19.5. The van der Waals surface area contributed by atoms with Crippen LogP contribution in [-0.4, -0.2) is 69.0 Å². The summed E-state index contributed by atoms with van der Waals surface area (Å²) in [4.78, 5) is 21.1. The normalized spacial score (nSPS) is 15.2. The Morgan fingerprint density at radius 2 is 1.90 bits per heavy atom. The van der Waals surface area contributed by atoms with Gasteiger partial charge in [0.05, 0.1) is 17.5 Å². The fourth-order valence-corrected chi connectivity index (χ4v) is 6.59. The number of hydrogen-bond donors (Lipinski definition) is 0. The van der Waals surface area contributed by atoms with Gasteiger partial charge >= 0.3 is 0 Å². The Labute approximate surface area is 244 Å². The summed E-state index contributed by atoms with van der Waals surface area (Å²) in [6.45, 7) is 11.3. The number of benzene rings is 1. The molecular formula is C28H34FN7O3S2. The van der Waals surface area contributed by atoms with E-state index < -0.39 is 15.9 Å². The number of piperidine rings is 1. The smallest absolute Gasteiger partial charge is 0.285 e. The molecule has 4 aromatic rings. The van der Waals surface area contributed by atoms with Gasteiger partial charge in [-0.15, -0.1) is 21.1 Å². The third kappa shape index (κ3) is 6.69. The zero-order valence-electron chi connectivity index (χ0n) is 23.8. The topological polar surface area (TPSA) is 106 Å². The lowest BCUT2D eigenvalue weighted by molar-refractivity contribution is 0.244. The van der Waals surface area contributed by atoms with E-state index in [1.165, 1.54) is 12.3 Å². The maximum Gasteiger partial charge on any atom is 0.285 e. The molecule has 13 heteroatoms. The van der Waals surface area contributed by atoms with E-state index in [9.17, 15) is 8.42 Å². The average Bonchev–Trinajstić information content (AvgIpc) is 3.29. The van der Waals surface area contributed by atoms with Gasteiger partial charge in [-0.3, -0.25) is 0 Å². The highest BCUT2D eigenvalue weighted by atomic mass is 32.2. The van der Waals surface area contributed by atoms with Gasteiger partial charge < -0.3 is 9.47 Å². The lowest BCUT2D eigenvalue weighted by Crippen LogP contribution is -2.34. The van der Waals surface area contributed by atoms with Gasteiger partial charge in [-0.2, -0.15) is 8.42 Å². The van der Waals surface area contributed by atoms with Crippen molar-refractivity contribution in [3.8, 4) is 11.3 Å². The van der Waals surface area contributed by atoms with Crippen LogP contribution >= 0.6 is 11.8 Å². The van der Waals surface area contributed by atoms with Crippen molar-refractivity contribution in [3.63, 3.8) is 0 Å². The van der Waals surface area contributed by atoms with E-state index in [-0.39, 0.29) is 23.3 Å². The van der Waals surface area contributed by atoms with Crippen LogP contribution in [0.5, 0.6) is 0 Å².